The smallest absolute Gasteiger partial charge is 0.234 e. The molecule has 1 aromatic heterocycles. The Morgan fingerprint density at radius 1 is 1.41 bits per heavy atom. The average Bonchev–Trinajstić information content (AvgIpc) is 2.28. The topological polar surface area (TPSA) is 73.1 Å². The number of rotatable bonds is 7. The molecule has 0 saturated carbocycles. The van der Waals surface area contributed by atoms with Crippen LogP contribution < -0.4 is 15.8 Å². The van der Waals surface area contributed by atoms with Crippen molar-refractivity contribution in [1.29, 1.82) is 0 Å². The highest BCUT2D eigenvalue weighted by atomic mass is 16.5. The van der Waals surface area contributed by atoms with E-state index in [-0.39, 0.29) is 6.04 Å². The number of anilines is 1. The molecule has 96 valence electrons. The largest absolute Gasteiger partial charge is 0.477 e. The lowest BCUT2D eigenvalue weighted by Gasteiger charge is -2.19. The van der Waals surface area contributed by atoms with Gasteiger partial charge < -0.3 is 15.8 Å². The van der Waals surface area contributed by atoms with Crippen LogP contribution >= 0.6 is 0 Å². The summed E-state index contributed by atoms with van der Waals surface area (Å²) in [6.07, 6.45) is 4.30. The van der Waals surface area contributed by atoms with E-state index in [1.807, 2.05) is 6.92 Å². The third-order valence-corrected chi connectivity index (χ3v) is 2.30. The fourth-order valence-corrected chi connectivity index (χ4v) is 1.63. The Bertz CT molecular complexity index is 330. The molecule has 1 heterocycles. The van der Waals surface area contributed by atoms with Crippen LogP contribution in [0, 0.1) is 5.92 Å². The van der Waals surface area contributed by atoms with E-state index in [4.69, 9.17) is 10.5 Å². The minimum Gasteiger partial charge on any atom is -0.477 e. The predicted octanol–water partition coefficient (Wildman–Crippen LogP) is 1.66. The molecular formula is C12H22N4O. The Kier molecular flexibility index (Phi) is 5.69. The van der Waals surface area contributed by atoms with Crippen molar-refractivity contribution in [2.24, 2.45) is 11.7 Å². The number of nitrogens with zero attached hydrogens (tertiary/aromatic N) is 2. The molecule has 0 amide bonds. The summed E-state index contributed by atoms with van der Waals surface area (Å²) in [5.41, 5.74) is 5.72. The van der Waals surface area contributed by atoms with Crippen molar-refractivity contribution in [1.82, 2.24) is 9.97 Å². The maximum absolute atomic E-state index is 5.72. The molecule has 5 heteroatoms. The first-order chi connectivity index (χ1) is 8.15. The fraction of sp³-hybridized carbons (Fsp3) is 0.667. The van der Waals surface area contributed by atoms with E-state index >= 15 is 0 Å². The van der Waals surface area contributed by atoms with Gasteiger partial charge in [0.2, 0.25) is 5.88 Å². The van der Waals surface area contributed by atoms with Crippen molar-refractivity contribution in [2.45, 2.75) is 33.2 Å². The summed E-state index contributed by atoms with van der Waals surface area (Å²) in [5.74, 6) is 1.85. The van der Waals surface area contributed by atoms with Gasteiger partial charge in [-0.3, -0.25) is 4.98 Å². The highest BCUT2D eigenvalue weighted by Gasteiger charge is 2.10. The van der Waals surface area contributed by atoms with Crippen LogP contribution in [0.1, 0.15) is 27.2 Å². The SMILES string of the molecule is CCOc1cncc(NC(CN)CC(C)C)n1. The van der Waals surface area contributed by atoms with Gasteiger partial charge in [0, 0.05) is 12.6 Å². The summed E-state index contributed by atoms with van der Waals surface area (Å²) in [7, 11) is 0. The van der Waals surface area contributed by atoms with Crippen molar-refractivity contribution >= 4 is 5.82 Å². The average molecular weight is 238 g/mol. The highest BCUT2D eigenvalue weighted by Crippen LogP contribution is 2.12. The Morgan fingerprint density at radius 3 is 2.76 bits per heavy atom. The molecule has 0 saturated heterocycles. The normalized spacial score (nSPS) is 12.5. The zero-order valence-electron chi connectivity index (χ0n) is 10.8. The van der Waals surface area contributed by atoms with Crippen molar-refractivity contribution in [3.05, 3.63) is 12.4 Å². The zero-order chi connectivity index (χ0) is 12.7. The van der Waals surface area contributed by atoms with Crippen molar-refractivity contribution in [3.8, 4) is 5.88 Å². The minimum atomic E-state index is 0.223. The predicted molar refractivity (Wildman–Crippen MR) is 69.1 cm³/mol. The van der Waals surface area contributed by atoms with E-state index in [0.717, 1.165) is 6.42 Å². The zero-order valence-corrected chi connectivity index (χ0v) is 10.8. The first-order valence-electron chi connectivity index (χ1n) is 6.07. The number of aromatic nitrogens is 2. The maximum atomic E-state index is 5.72. The third-order valence-electron chi connectivity index (χ3n) is 2.30. The Hall–Kier alpha value is -1.36. The first-order valence-corrected chi connectivity index (χ1v) is 6.07. The van der Waals surface area contributed by atoms with Crippen LogP contribution in [0.4, 0.5) is 5.82 Å². The molecular weight excluding hydrogens is 216 g/mol. The molecule has 0 aromatic carbocycles. The van der Waals surface area contributed by atoms with Gasteiger partial charge in [-0.05, 0) is 19.3 Å². The number of nitrogens with one attached hydrogen (secondary N) is 1. The van der Waals surface area contributed by atoms with Gasteiger partial charge in [0.1, 0.15) is 5.82 Å². The quantitative estimate of drug-likeness (QED) is 0.755. The fourth-order valence-electron chi connectivity index (χ4n) is 1.63. The summed E-state index contributed by atoms with van der Waals surface area (Å²) in [4.78, 5) is 8.39. The lowest BCUT2D eigenvalue weighted by Crippen LogP contribution is -2.30. The Labute approximate surface area is 103 Å². The van der Waals surface area contributed by atoms with E-state index in [1.54, 1.807) is 12.4 Å². The van der Waals surface area contributed by atoms with E-state index in [9.17, 15) is 0 Å². The van der Waals surface area contributed by atoms with Gasteiger partial charge in [-0.2, -0.15) is 4.98 Å². The second-order valence-corrected chi connectivity index (χ2v) is 4.38. The van der Waals surface area contributed by atoms with Gasteiger partial charge in [0.05, 0.1) is 19.0 Å². The molecule has 0 bridgehead atoms. The van der Waals surface area contributed by atoms with E-state index in [1.165, 1.54) is 0 Å². The molecule has 1 rings (SSSR count). The Balaban J connectivity index is 2.62. The monoisotopic (exact) mass is 238 g/mol. The molecule has 3 N–H and O–H groups in total. The van der Waals surface area contributed by atoms with Crippen LogP contribution in [0.15, 0.2) is 12.4 Å². The number of nitrogens with two attached hydrogens (primary N) is 1. The molecule has 0 aliphatic rings. The van der Waals surface area contributed by atoms with Crippen LogP contribution in [0.2, 0.25) is 0 Å². The molecule has 0 aliphatic carbocycles. The van der Waals surface area contributed by atoms with Gasteiger partial charge in [-0.1, -0.05) is 13.8 Å². The van der Waals surface area contributed by atoms with Crippen molar-refractivity contribution in [2.75, 3.05) is 18.5 Å². The summed E-state index contributed by atoms with van der Waals surface area (Å²) in [6, 6.07) is 0.223. The second kappa shape index (κ2) is 7.06. The van der Waals surface area contributed by atoms with Gasteiger partial charge in [-0.15, -0.1) is 0 Å². The van der Waals surface area contributed by atoms with Crippen LogP contribution in [0.25, 0.3) is 0 Å². The van der Waals surface area contributed by atoms with E-state index in [2.05, 4.69) is 29.1 Å². The van der Waals surface area contributed by atoms with E-state index < -0.39 is 0 Å². The minimum absolute atomic E-state index is 0.223. The lowest BCUT2D eigenvalue weighted by atomic mass is 10.0. The van der Waals surface area contributed by atoms with Crippen molar-refractivity contribution in [3.63, 3.8) is 0 Å². The molecule has 1 atom stereocenters. The van der Waals surface area contributed by atoms with Gasteiger partial charge in [0.15, 0.2) is 0 Å². The van der Waals surface area contributed by atoms with Crippen LogP contribution in [0.3, 0.4) is 0 Å². The molecule has 0 aliphatic heterocycles. The van der Waals surface area contributed by atoms with Crippen LogP contribution in [0.5, 0.6) is 5.88 Å². The summed E-state index contributed by atoms with van der Waals surface area (Å²) in [6.45, 7) is 7.44. The molecule has 1 unspecified atom stereocenters. The molecule has 1 aromatic rings. The molecule has 17 heavy (non-hydrogen) atoms. The molecule has 0 radical (unpaired) electrons. The number of ether oxygens (including phenoxy) is 1. The molecule has 0 fully saturated rings. The summed E-state index contributed by atoms with van der Waals surface area (Å²) in [5, 5.41) is 3.28. The van der Waals surface area contributed by atoms with Gasteiger partial charge >= 0.3 is 0 Å². The van der Waals surface area contributed by atoms with Gasteiger partial charge in [-0.25, -0.2) is 0 Å². The van der Waals surface area contributed by atoms with Gasteiger partial charge in [0.25, 0.3) is 0 Å². The summed E-state index contributed by atoms with van der Waals surface area (Å²) >= 11 is 0. The second-order valence-electron chi connectivity index (χ2n) is 4.38. The molecule has 0 spiro atoms. The highest BCUT2D eigenvalue weighted by molar-refractivity contribution is 5.34. The first kappa shape index (κ1) is 13.7. The van der Waals surface area contributed by atoms with E-state index in [0.29, 0.717) is 30.8 Å². The standard InChI is InChI=1S/C12H22N4O/c1-4-17-12-8-14-7-11(16-12)15-10(6-13)5-9(2)3/h7-10H,4-6,13H2,1-3H3,(H,15,16). The molecule has 5 nitrogen and oxygen atoms in total. The Morgan fingerprint density at radius 2 is 2.18 bits per heavy atom. The number of hydrogen-bond acceptors (Lipinski definition) is 5. The maximum Gasteiger partial charge on any atom is 0.234 e. The lowest BCUT2D eigenvalue weighted by molar-refractivity contribution is 0.325. The van der Waals surface area contributed by atoms with Crippen LogP contribution in [-0.4, -0.2) is 29.2 Å². The number of hydrogen-bond donors (Lipinski definition) is 2. The third kappa shape index (κ3) is 4.99. The van der Waals surface area contributed by atoms with Crippen LogP contribution in [-0.2, 0) is 0 Å². The van der Waals surface area contributed by atoms with Crippen molar-refractivity contribution < 1.29 is 4.74 Å². The summed E-state index contributed by atoms with van der Waals surface area (Å²) < 4.78 is 5.30.